The van der Waals surface area contributed by atoms with E-state index in [4.69, 9.17) is 0 Å². The predicted octanol–water partition coefficient (Wildman–Crippen LogP) is 2.07. The van der Waals surface area contributed by atoms with E-state index in [2.05, 4.69) is 55.1 Å². The highest BCUT2D eigenvalue weighted by Gasteiger charge is 2.06. The van der Waals surface area contributed by atoms with Gasteiger partial charge in [0.2, 0.25) is 0 Å². The third-order valence-corrected chi connectivity index (χ3v) is 2.95. The number of unbranched alkanes of at least 4 members (excludes halogenated alkanes) is 1. The van der Waals surface area contributed by atoms with Crippen LogP contribution in [0.15, 0.2) is 4.99 Å². The van der Waals surface area contributed by atoms with Crippen molar-refractivity contribution in [3.8, 4) is 0 Å². The average Bonchev–Trinajstić information content (AvgIpc) is 2.34. The molecule has 0 heterocycles. The molecular weight excluding hydrogens is 224 g/mol. The van der Waals surface area contributed by atoms with Gasteiger partial charge in [-0.2, -0.15) is 0 Å². The molecule has 0 fully saturated rings. The fourth-order valence-electron chi connectivity index (χ4n) is 1.79. The number of hydrogen-bond donors (Lipinski definition) is 2. The van der Waals surface area contributed by atoms with E-state index in [0.717, 1.165) is 45.1 Å². The SMILES string of the molecule is CCCCN=C(NCC)NCCN(CC)C(C)C. The zero-order valence-electron chi connectivity index (χ0n) is 12.9. The van der Waals surface area contributed by atoms with E-state index in [1.807, 2.05) is 0 Å². The topological polar surface area (TPSA) is 39.7 Å². The first kappa shape index (κ1) is 17.2. The second kappa shape index (κ2) is 11.3. The molecule has 108 valence electrons. The van der Waals surface area contributed by atoms with Crippen LogP contribution in [0.25, 0.3) is 0 Å². The summed E-state index contributed by atoms with van der Waals surface area (Å²) >= 11 is 0. The smallest absolute Gasteiger partial charge is 0.191 e. The lowest BCUT2D eigenvalue weighted by Gasteiger charge is -2.25. The van der Waals surface area contributed by atoms with Crippen LogP contribution in [-0.4, -0.2) is 49.6 Å². The quantitative estimate of drug-likeness (QED) is 0.377. The molecule has 4 heteroatoms. The Morgan fingerprint density at radius 2 is 1.89 bits per heavy atom. The van der Waals surface area contributed by atoms with Crippen molar-refractivity contribution in [3.05, 3.63) is 0 Å². The average molecular weight is 256 g/mol. The molecule has 4 nitrogen and oxygen atoms in total. The van der Waals surface area contributed by atoms with Crippen molar-refractivity contribution >= 4 is 5.96 Å². The van der Waals surface area contributed by atoms with Crippen molar-refractivity contribution in [1.82, 2.24) is 15.5 Å². The number of nitrogens with one attached hydrogen (secondary N) is 2. The van der Waals surface area contributed by atoms with Crippen LogP contribution in [0.2, 0.25) is 0 Å². The maximum absolute atomic E-state index is 4.55. The van der Waals surface area contributed by atoms with Gasteiger partial charge < -0.3 is 10.6 Å². The van der Waals surface area contributed by atoms with Gasteiger partial charge in [0, 0.05) is 32.2 Å². The van der Waals surface area contributed by atoms with Gasteiger partial charge in [0.05, 0.1) is 0 Å². The summed E-state index contributed by atoms with van der Waals surface area (Å²) < 4.78 is 0. The molecule has 0 aliphatic rings. The van der Waals surface area contributed by atoms with Crippen LogP contribution in [0.3, 0.4) is 0 Å². The summed E-state index contributed by atoms with van der Waals surface area (Å²) in [5.41, 5.74) is 0. The van der Waals surface area contributed by atoms with Crippen LogP contribution < -0.4 is 10.6 Å². The van der Waals surface area contributed by atoms with Crippen molar-refractivity contribution in [2.45, 2.75) is 53.5 Å². The number of rotatable bonds is 9. The summed E-state index contributed by atoms with van der Waals surface area (Å²) in [6.07, 6.45) is 2.35. The Kier molecular flexibility index (Phi) is 10.8. The highest BCUT2D eigenvalue weighted by Crippen LogP contribution is 1.95. The first-order chi connectivity index (χ1) is 8.65. The Labute approximate surface area is 113 Å². The number of guanidine groups is 1. The van der Waals surface area contributed by atoms with Crippen molar-refractivity contribution in [2.24, 2.45) is 4.99 Å². The van der Waals surface area contributed by atoms with E-state index in [1.165, 1.54) is 6.42 Å². The first-order valence-corrected chi connectivity index (χ1v) is 7.41. The summed E-state index contributed by atoms with van der Waals surface area (Å²) in [4.78, 5) is 6.99. The molecular formula is C14H32N4. The number of likely N-dealkylation sites (N-methyl/N-ethyl adjacent to an activating group) is 1. The highest BCUT2D eigenvalue weighted by atomic mass is 15.2. The van der Waals surface area contributed by atoms with E-state index >= 15 is 0 Å². The molecule has 2 N–H and O–H groups in total. The van der Waals surface area contributed by atoms with Gasteiger partial charge in [0.15, 0.2) is 5.96 Å². The number of hydrogen-bond acceptors (Lipinski definition) is 2. The molecule has 0 amide bonds. The monoisotopic (exact) mass is 256 g/mol. The first-order valence-electron chi connectivity index (χ1n) is 7.41. The van der Waals surface area contributed by atoms with Crippen molar-refractivity contribution in [3.63, 3.8) is 0 Å². The lowest BCUT2D eigenvalue weighted by molar-refractivity contribution is 0.237. The molecule has 0 aromatic heterocycles. The minimum absolute atomic E-state index is 0.608. The van der Waals surface area contributed by atoms with Gasteiger partial charge in [0.25, 0.3) is 0 Å². The Morgan fingerprint density at radius 1 is 1.17 bits per heavy atom. The summed E-state index contributed by atoms with van der Waals surface area (Å²) in [6.45, 7) is 15.9. The fraction of sp³-hybridized carbons (Fsp3) is 0.929. The molecule has 18 heavy (non-hydrogen) atoms. The van der Waals surface area contributed by atoms with E-state index in [0.29, 0.717) is 6.04 Å². The standard InChI is InChI=1S/C14H32N4/c1-6-9-10-16-14(15-7-2)17-11-12-18(8-3)13(4)5/h13H,6-12H2,1-5H3,(H2,15,16,17). The molecule has 0 radical (unpaired) electrons. The highest BCUT2D eigenvalue weighted by molar-refractivity contribution is 5.79. The second-order valence-corrected chi connectivity index (χ2v) is 4.76. The van der Waals surface area contributed by atoms with Gasteiger partial charge in [-0.1, -0.05) is 20.3 Å². The Balaban J connectivity index is 3.98. The van der Waals surface area contributed by atoms with Crippen LogP contribution in [0, 0.1) is 0 Å². The molecule has 0 aliphatic carbocycles. The summed E-state index contributed by atoms with van der Waals surface area (Å²) in [5, 5.41) is 6.68. The molecule has 0 aromatic rings. The molecule has 0 saturated heterocycles. The Morgan fingerprint density at radius 3 is 2.39 bits per heavy atom. The molecule has 0 aromatic carbocycles. The van der Waals surface area contributed by atoms with Gasteiger partial charge in [-0.3, -0.25) is 9.89 Å². The molecule has 0 atom stereocenters. The number of aliphatic imine (C=N–C) groups is 1. The van der Waals surface area contributed by atoms with Gasteiger partial charge in [0.1, 0.15) is 0 Å². The van der Waals surface area contributed by atoms with Gasteiger partial charge in [-0.05, 0) is 33.7 Å². The minimum atomic E-state index is 0.608. The van der Waals surface area contributed by atoms with Crippen LogP contribution in [0.1, 0.15) is 47.5 Å². The Hall–Kier alpha value is -0.770. The molecule has 0 bridgehead atoms. The maximum Gasteiger partial charge on any atom is 0.191 e. The molecule has 0 saturated carbocycles. The molecule has 0 spiro atoms. The zero-order chi connectivity index (χ0) is 13.8. The molecule has 0 unspecified atom stereocenters. The predicted molar refractivity (Wildman–Crippen MR) is 81.3 cm³/mol. The summed E-state index contributed by atoms with van der Waals surface area (Å²) in [5.74, 6) is 0.950. The van der Waals surface area contributed by atoms with Crippen molar-refractivity contribution in [2.75, 3.05) is 32.7 Å². The van der Waals surface area contributed by atoms with Crippen LogP contribution in [0.4, 0.5) is 0 Å². The van der Waals surface area contributed by atoms with E-state index < -0.39 is 0 Å². The third-order valence-electron chi connectivity index (χ3n) is 2.95. The van der Waals surface area contributed by atoms with E-state index in [-0.39, 0.29) is 0 Å². The number of nitrogens with zero attached hydrogens (tertiary/aromatic N) is 2. The van der Waals surface area contributed by atoms with Crippen molar-refractivity contribution in [1.29, 1.82) is 0 Å². The van der Waals surface area contributed by atoms with Crippen LogP contribution >= 0.6 is 0 Å². The summed E-state index contributed by atoms with van der Waals surface area (Å²) in [6, 6.07) is 0.608. The largest absolute Gasteiger partial charge is 0.357 e. The van der Waals surface area contributed by atoms with Crippen LogP contribution in [0.5, 0.6) is 0 Å². The normalized spacial score (nSPS) is 12.3. The lowest BCUT2D eigenvalue weighted by atomic mass is 10.3. The molecule has 0 aliphatic heterocycles. The van der Waals surface area contributed by atoms with Gasteiger partial charge in [-0.15, -0.1) is 0 Å². The van der Waals surface area contributed by atoms with E-state index in [1.54, 1.807) is 0 Å². The second-order valence-electron chi connectivity index (χ2n) is 4.76. The minimum Gasteiger partial charge on any atom is -0.357 e. The van der Waals surface area contributed by atoms with Gasteiger partial charge in [-0.25, -0.2) is 0 Å². The third kappa shape index (κ3) is 8.34. The maximum atomic E-state index is 4.55. The fourth-order valence-corrected chi connectivity index (χ4v) is 1.79. The van der Waals surface area contributed by atoms with Crippen molar-refractivity contribution < 1.29 is 0 Å². The van der Waals surface area contributed by atoms with Crippen LogP contribution in [-0.2, 0) is 0 Å². The molecule has 0 rings (SSSR count). The lowest BCUT2D eigenvalue weighted by Crippen LogP contribution is -2.43. The Bertz CT molecular complexity index is 214. The van der Waals surface area contributed by atoms with E-state index in [9.17, 15) is 0 Å². The van der Waals surface area contributed by atoms with Gasteiger partial charge >= 0.3 is 0 Å². The zero-order valence-corrected chi connectivity index (χ0v) is 12.9. The summed E-state index contributed by atoms with van der Waals surface area (Å²) in [7, 11) is 0.